The van der Waals surface area contributed by atoms with E-state index in [2.05, 4.69) is 27.9 Å². The SMILES string of the molecule is N#CC(C(=O)Nc1ccc(I)cc1)C(=O)c1ccc(C(F)(F)F)cc1. The Morgan fingerprint density at radius 3 is 2.08 bits per heavy atom. The van der Waals surface area contributed by atoms with Crippen LogP contribution < -0.4 is 5.32 Å². The van der Waals surface area contributed by atoms with Crippen LogP contribution in [0.2, 0.25) is 0 Å². The number of hydrogen-bond acceptors (Lipinski definition) is 3. The van der Waals surface area contributed by atoms with Crippen molar-refractivity contribution in [3.05, 3.63) is 63.2 Å². The zero-order valence-corrected chi connectivity index (χ0v) is 14.6. The Morgan fingerprint density at radius 1 is 1.04 bits per heavy atom. The molecular weight excluding hydrogens is 448 g/mol. The summed E-state index contributed by atoms with van der Waals surface area (Å²) >= 11 is 2.08. The van der Waals surface area contributed by atoms with E-state index in [4.69, 9.17) is 5.26 Å². The van der Waals surface area contributed by atoms with Crippen molar-refractivity contribution in [3.8, 4) is 6.07 Å². The Kier molecular flexibility index (Phi) is 5.79. The maximum Gasteiger partial charge on any atom is 0.416 e. The maximum absolute atomic E-state index is 12.5. The number of carbonyl (C=O) groups is 2. The van der Waals surface area contributed by atoms with E-state index in [9.17, 15) is 22.8 Å². The fourth-order valence-corrected chi connectivity index (χ4v) is 2.33. The van der Waals surface area contributed by atoms with Crippen LogP contribution in [0, 0.1) is 20.8 Å². The number of Topliss-reactive ketones (excluding diaryl/α,β-unsaturated/α-hetero) is 1. The fraction of sp³-hybridized carbons (Fsp3) is 0.118. The number of amides is 1. The summed E-state index contributed by atoms with van der Waals surface area (Å²) in [7, 11) is 0. The van der Waals surface area contributed by atoms with Crippen LogP contribution in [0.3, 0.4) is 0 Å². The number of nitriles is 1. The second-order valence-electron chi connectivity index (χ2n) is 5.00. The molecule has 0 saturated carbocycles. The summed E-state index contributed by atoms with van der Waals surface area (Å²) in [5, 5.41) is 11.6. The number of nitrogens with zero attached hydrogens (tertiary/aromatic N) is 1. The third kappa shape index (κ3) is 4.79. The van der Waals surface area contributed by atoms with Crippen molar-refractivity contribution in [1.29, 1.82) is 5.26 Å². The van der Waals surface area contributed by atoms with Gasteiger partial charge >= 0.3 is 6.18 Å². The minimum Gasteiger partial charge on any atom is -0.325 e. The summed E-state index contributed by atoms with van der Waals surface area (Å²) in [4.78, 5) is 24.4. The van der Waals surface area contributed by atoms with Gasteiger partial charge in [0, 0.05) is 14.8 Å². The van der Waals surface area contributed by atoms with Crippen LogP contribution in [0.15, 0.2) is 48.5 Å². The first kappa shape index (κ1) is 18.9. The minimum atomic E-state index is -4.53. The summed E-state index contributed by atoms with van der Waals surface area (Å²) in [6, 6.07) is 11.6. The molecule has 1 amide bonds. The van der Waals surface area contributed by atoms with Crippen LogP contribution in [0.5, 0.6) is 0 Å². The first-order valence-electron chi connectivity index (χ1n) is 6.90. The number of hydrogen-bond donors (Lipinski definition) is 1. The highest BCUT2D eigenvalue weighted by Gasteiger charge is 2.32. The average molecular weight is 458 g/mol. The lowest BCUT2D eigenvalue weighted by atomic mass is 9.97. The van der Waals surface area contributed by atoms with Crippen LogP contribution >= 0.6 is 22.6 Å². The lowest BCUT2D eigenvalue weighted by Crippen LogP contribution is -2.28. The Hall–Kier alpha value is -2.41. The molecule has 4 nitrogen and oxygen atoms in total. The minimum absolute atomic E-state index is 0.141. The quantitative estimate of drug-likeness (QED) is 0.423. The normalized spacial score (nSPS) is 12.1. The summed E-state index contributed by atoms with van der Waals surface area (Å²) in [5.74, 6) is -3.36. The molecule has 0 aromatic heterocycles. The second kappa shape index (κ2) is 7.65. The van der Waals surface area contributed by atoms with Gasteiger partial charge in [0.1, 0.15) is 0 Å². The van der Waals surface area contributed by atoms with Gasteiger partial charge in [0.15, 0.2) is 11.7 Å². The molecule has 1 N–H and O–H groups in total. The number of nitrogens with one attached hydrogen (secondary N) is 1. The molecule has 0 aliphatic carbocycles. The van der Waals surface area contributed by atoms with Crippen LogP contribution in [0.1, 0.15) is 15.9 Å². The van der Waals surface area contributed by atoms with E-state index in [-0.39, 0.29) is 5.56 Å². The summed E-state index contributed by atoms with van der Waals surface area (Å²) in [6.45, 7) is 0. The first-order chi connectivity index (χ1) is 11.7. The molecule has 0 aliphatic rings. The molecule has 1 atom stereocenters. The van der Waals surface area contributed by atoms with Gasteiger partial charge in [-0.05, 0) is 59.0 Å². The Labute approximate surface area is 154 Å². The van der Waals surface area contributed by atoms with E-state index < -0.39 is 29.3 Å². The van der Waals surface area contributed by atoms with E-state index in [1.54, 1.807) is 30.3 Å². The number of benzene rings is 2. The van der Waals surface area contributed by atoms with Gasteiger partial charge in [0.05, 0.1) is 11.6 Å². The predicted octanol–water partition coefficient (Wildman–Crippen LogP) is 4.27. The van der Waals surface area contributed by atoms with Gasteiger partial charge in [-0.15, -0.1) is 0 Å². The Balaban J connectivity index is 2.16. The Bertz CT molecular complexity index is 825. The highest BCUT2D eigenvalue weighted by molar-refractivity contribution is 14.1. The number of carbonyl (C=O) groups excluding carboxylic acids is 2. The van der Waals surface area contributed by atoms with Crippen molar-refractivity contribution < 1.29 is 22.8 Å². The molecule has 25 heavy (non-hydrogen) atoms. The van der Waals surface area contributed by atoms with E-state index in [1.807, 2.05) is 0 Å². The van der Waals surface area contributed by atoms with Crippen molar-refractivity contribution >= 4 is 40.0 Å². The van der Waals surface area contributed by atoms with E-state index in [0.29, 0.717) is 5.69 Å². The van der Waals surface area contributed by atoms with Crippen LogP contribution in [0.25, 0.3) is 0 Å². The second-order valence-corrected chi connectivity index (χ2v) is 6.24. The summed E-state index contributed by atoms with van der Waals surface area (Å²) < 4.78 is 38.6. The molecule has 128 valence electrons. The molecule has 0 spiro atoms. The monoisotopic (exact) mass is 458 g/mol. The van der Waals surface area contributed by atoms with Crippen LogP contribution in [-0.4, -0.2) is 11.7 Å². The molecule has 2 rings (SSSR count). The van der Waals surface area contributed by atoms with Crippen molar-refractivity contribution in [1.82, 2.24) is 0 Å². The zero-order valence-electron chi connectivity index (χ0n) is 12.5. The zero-order chi connectivity index (χ0) is 18.6. The standard InChI is InChI=1S/C17H10F3IN2O2/c18-17(19,20)11-3-1-10(2-4-11)15(24)14(9-22)16(25)23-13-7-5-12(21)6-8-13/h1-8,14H,(H,23,25). The van der Waals surface area contributed by atoms with E-state index in [1.165, 1.54) is 0 Å². The number of ketones is 1. The van der Waals surface area contributed by atoms with Gasteiger partial charge in [-0.2, -0.15) is 18.4 Å². The lowest BCUT2D eigenvalue weighted by Gasteiger charge is -2.11. The number of rotatable bonds is 4. The number of halogens is 4. The highest BCUT2D eigenvalue weighted by atomic mass is 127. The first-order valence-corrected chi connectivity index (χ1v) is 7.98. The molecule has 1 unspecified atom stereocenters. The fourth-order valence-electron chi connectivity index (χ4n) is 1.97. The van der Waals surface area contributed by atoms with Crippen molar-refractivity contribution in [3.63, 3.8) is 0 Å². The molecule has 2 aromatic rings. The lowest BCUT2D eigenvalue weighted by molar-refractivity contribution is -0.137. The molecule has 0 aliphatic heterocycles. The third-order valence-electron chi connectivity index (χ3n) is 3.26. The van der Waals surface area contributed by atoms with Gasteiger partial charge in [-0.1, -0.05) is 12.1 Å². The van der Waals surface area contributed by atoms with Gasteiger partial charge < -0.3 is 5.32 Å². The summed E-state index contributed by atoms with van der Waals surface area (Å²) in [6.07, 6.45) is -4.53. The average Bonchev–Trinajstić information content (AvgIpc) is 2.57. The van der Waals surface area contributed by atoms with Crippen molar-refractivity contribution in [2.45, 2.75) is 6.18 Å². The Morgan fingerprint density at radius 2 is 1.60 bits per heavy atom. The van der Waals surface area contributed by atoms with Gasteiger partial charge in [0.25, 0.3) is 0 Å². The maximum atomic E-state index is 12.5. The molecule has 8 heteroatoms. The van der Waals surface area contributed by atoms with Gasteiger partial charge in [0.2, 0.25) is 5.91 Å². The van der Waals surface area contributed by atoms with Crippen LogP contribution in [-0.2, 0) is 11.0 Å². The highest BCUT2D eigenvalue weighted by Crippen LogP contribution is 2.29. The van der Waals surface area contributed by atoms with Crippen molar-refractivity contribution in [2.75, 3.05) is 5.32 Å². The molecule has 0 radical (unpaired) electrons. The summed E-state index contributed by atoms with van der Waals surface area (Å²) in [5.41, 5.74) is -0.649. The molecule has 0 saturated heterocycles. The van der Waals surface area contributed by atoms with Gasteiger partial charge in [-0.3, -0.25) is 9.59 Å². The molecule has 0 heterocycles. The third-order valence-corrected chi connectivity index (χ3v) is 3.98. The van der Waals surface area contributed by atoms with Crippen molar-refractivity contribution in [2.24, 2.45) is 5.92 Å². The smallest absolute Gasteiger partial charge is 0.325 e. The number of alkyl halides is 3. The van der Waals surface area contributed by atoms with Gasteiger partial charge in [-0.25, -0.2) is 0 Å². The molecule has 0 fully saturated rings. The number of anilines is 1. The molecule has 0 bridgehead atoms. The molecular formula is C17H10F3IN2O2. The molecule has 2 aromatic carbocycles. The largest absolute Gasteiger partial charge is 0.416 e. The predicted molar refractivity (Wildman–Crippen MR) is 92.7 cm³/mol. The van der Waals surface area contributed by atoms with E-state index >= 15 is 0 Å². The van der Waals surface area contributed by atoms with Crippen LogP contribution in [0.4, 0.5) is 18.9 Å². The van der Waals surface area contributed by atoms with E-state index in [0.717, 1.165) is 27.8 Å². The topological polar surface area (TPSA) is 70.0 Å².